The van der Waals surface area contributed by atoms with Crippen LogP contribution >= 0.6 is 22.7 Å². The van der Waals surface area contributed by atoms with Gasteiger partial charge in [-0.1, -0.05) is 31.0 Å². The molecule has 0 spiro atoms. The van der Waals surface area contributed by atoms with E-state index in [4.69, 9.17) is 15.0 Å². The average Bonchev–Trinajstić information content (AvgIpc) is 3.47. The number of aryl methyl sites for hydroxylation is 1. The monoisotopic (exact) mass is 421 g/mol. The molecule has 1 aliphatic carbocycles. The molecule has 4 aromatic rings. The summed E-state index contributed by atoms with van der Waals surface area (Å²) in [5, 5.41) is 10.2. The van der Waals surface area contributed by atoms with Crippen molar-refractivity contribution in [2.75, 3.05) is 10.6 Å². The lowest BCUT2D eigenvalue weighted by atomic mass is 10.2. The second-order valence-corrected chi connectivity index (χ2v) is 9.46. The molecule has 0 radical (unpaired) electrons. The average molecular weight is 422 g/mol. The van der Waals surface area contributed by atoms with Gasteiger partial charge in [-0.3, -0.25) is 0 Å². The van der Waals surface area contributed by atoms with Gasteiger partial charge < -0.3 is 10.6 Å². The zero-order valence-corrected chi connectivity index (χ0v) is 17.9. The van der Waals surface area contributed by atoms with Crippen LogP contribution in [-0.4, -0.2) is 21.0 Å². The van der Waals surface area contributed by atoms with Crippen LogP contribution in [0.2, 0.25) is 0 Å². The molecule has 2 N–H and O–H groups in total. The third-order valence-electron chi connectivity index (χ3n) is 5.29. The first-order valence-corrected chi connectivity index (χ1v) is 11.7. The van der Waals surface area contributed by atoms with Crippen LogP contribution in [0, 0.1) is 6.92 Å². The van der Waals surface area contributed by atoms with E-state index in [1.165, 1.54) is 35.3 Å². The number of aromatic nitrogens is 3. The standard InChI is InChI=1S/C22H23N5S2/c1-14-19(21-26-17-10-4-5-11-18(17)29-21)20(25-15-7-2-3-8-15)27-22(24-14)23-13-16-9-6-12-28-16/h4-6,9-12,15H,2-3,7-8,13H2,1H3,(H2,23,24,25,27). The largest absolute Gasteiger partial charge is 0.367 e. The number of para-hydroxylation sites is 1. The molecule has 3 aromatic heterocycles. The van der Waals surface area contributed by atoms with Crippen LogP contribution in [0.3, 0.4) is 0 Å². The number of nitrogens with one attached hydrogen (secondary N) is 2. The van der Waals surface area contributed by atoms with Crippen molar-refractivity contribution in [3.63, 3.8) is 0 Å². The smallest absolute Gasteiger partial charge is 0.225 e. The summed E-state index contributed by atoms with van der Waals surface area (Å²) < 4.78 is 1.19. The van der Waals surface area contributed by atoms with Crippen LogP contribution in [0.5, 0.6) is 0 Å². The Morgan fingerprint density at radius 3 is 2.69 bits per heavy atom. The van der Waals surface area contributed by atoms with Crippen molar-refractivity contribution in [3.05, 3.63) is 52.3 Å². The molecule has 0 unspecified atom stereocenters. The zero-order valence-electron chi connectivity index (χ0n) is 16.3. The Morgan fingerprint density at radius 1 is 1.03 bits per heavy atom. The molecular formula is C22H23N5S2. The van der Waals surface area contributed by atoms with Gasteiger partial charge in [0.05, 0.1) is 28.0 Å². The van der Waals surface area contributed by atoms with E-state index in [0.29, 0.717) is 12.0 Å². The molecule has 5 nitrogen and oxygen atoms in total. The predicted octanol–water partition coefficient (Wildman–Crippen LogP) is 6.09. The molecule has 1 saturated carbocycles. The summed E-state index contributed by atoms with van der Waals surface area (Å²) in [6, 6.07) is 12.9. The summed E-state index contributed by atoms with van der Waals surface area (Å²) in [5.74, 6) is 1.57. The number of hydrogen-bond donors (Lipinski definition) is 2. The van der Waals surface area contributed by atoms with Crippen LogP contribution in [-0.2, 0) is 6.54 Å². The lowest BCUT2D eigenvalue weighted by molar-refractivity contribution is 0.750. The first kappa shape index (κ1) is 18.5. The molecule has 0 saturated heterocycles. The van der Waals surface area contributed by atoms with Crippen LogP contribution in [0.25, 0.3) is 20.8 Å². The minimum atomic E-state index is 0.475. The van der Waals surface area contributed by atoms with Crippen LogP contribution in [0.15, 0.2) is 41.8 Å². The maximum absolute atomic E-state index is 4.88. The van der Waals surface area contributed by atoms with E-state index in [0.717, 1.165) is 34.1 Å². The summed E-state index contributed by atoms with van der Waals surface area (Å²) in [4.78, 5) is 15.8. The molecule has 1 fully saturated rings. The molecule has 0 aliphatic heterocycles. The first-order valence-electron chi connectivity index (χ1n) is 10.0. The molecule has 3 heterocycles. The van der Waals surface area contributed by atoms with Crippen LogP contribution in [0.4, 0.5) is 11.8 Å². The third kappa shape index (κ3) is 3.97. The highest BCUT2D eigenvalue weighted by molar-refractivity contribution is 7.21. The lowest BCUT2D eigenvalue weighted by Gasteiger charge is -2.18. The molecule has 29 heavy (non-hydrogen) atoms. The van der Waals surface area contributed by atoms with Gasteiger partial charge in [-0.25, -0.2) is 9.97 Å². The topological polar surface area (TPSA) is 62.7 Å². The maximum Gasteiger partial charge on any atom is 0.225 e. The Morgan fingerprint density at radius 2 is 1.90 bits per heavy atom. The van der Waals surface area contributed by atoms with E-state index in [1.54, 1.807) is 22.7 Å². The van der Waals surface area contributed by atoms with Gasteiger partial charge in [0, 0.05) is 10.9 Å². The van der Waals surface area contributed by atoms with Crippen molar-refractivity contribution in [1.29, 1.82) is 0 Å². The van der Waals surface area contributed by atoms with Crippen molar-refractivity contribution < 1.29 is 0 Å². The molecule has 0 amide bonds. The number of nitrogens with zero attached hydrogens (tertiary/aromatic N) is 3. The number of fused-ring (bicyclic) bond motifs is 1. The minimum absolute atomic E-state index is 0.475. The van der Waals surface area contributed by atoms with Gasteiger partial charge in [0.25, 0.3) is 0 Å². The molecule has 1 aliphatic rings. The quantitative estimate of drug-likeness (QED) is 0.394. The van der Waals surface area contributed by atoms with E-state index < -0.39 is 0 Å². The van der Waals surface area contributed by atoms with Gasteiger partial charge in [-0.15, -0.1) is 22.7 Å². The van der Waals surface area contributed by atoms with Crippen molar-refractivity contribution >= 4 is 44.7 Å². The van der Waals surface area contributed by atoms with Gasteiger partial charge in [-0.2, -0.15) is 4.98 Å². The van der Waals surface area contributed by atoms with Crippen molar-refractivity contribution in [3.8, 4) is 10.6 Å². The molecule has 0 bridgehead atoms. The number of anilines is 2. The number of thiazole rings is 1. The van der Waals surface area contributed by atoms with Crippen molar-refractivity contribution in [2.45, 2.75) is 45.2 Å². The highest BCUT2D eigenvalue weighted by atomic mass is 32.1. The Kier molecular flexibility index (Phi) is 5.16. The van der Waals surface area contributed by atoms with Crippen LogP contribution in [0.1, 0.15) is 36.3 Å². The van der Waals surface area contributed by atoms with Gasteiger partial charge in [0.15, 0.2) is 0 Å². The van der Waals surface area contributed by atoms with Crippen molar-refractivity contribution in [2.24, 2.45) is 0 Å². The van der Waals surface area contributed by atoms with Gasteiger partial charge in [0.1, 0.15) is 10.8 Å². The number of rotatable bonds is 6. The molecular weight excluding hydrogens is 398 g/mol. The summed E-state index contributed by atoms with van der Waals surface area (Å²) in [6.07, 6.45) is 4.95. The fourth-order valence-corrected chi connectivity index (χ4v) is 5.54. The maximum atomic E-state index is 4.88. The van der Waals surface area contributed by atoms with E-state index in [2.05, 4.69) is 53.3 Å². The Hall–Kier alpha value is -2.51. The second-order valence-electron chi connectivity index (χ2n) is 7.40. The van der Waals surface area contributed by atoms with E-state index in [-0.39, 0.29) is 0 Å². The molecule has 1 aromatic carbocycles. The Labute approximate surface area is 178 Å². The summed E-state index contributed by atoms with van der Waals surface area (Å²) in [7, 11) is 0. The fraction of sp³-hybridized carbons (Fsp3) is 0.318. The first-order chi connectivity index (χ1) is 14.3. The van der Waals surface area contributed by atoms with Gasteiger partial charge in [0.2, 0.25) is 5.95 Å². The summed E-state index contributed by atoms with van der Waals surface area (Å²) >= 11 is 3.44. The van der Waals surface area contributed by atoms with E-state index in [9.17, 15) is 0 Å². The number of thiophene rings is 1. The lowest BCUT2D eigenvalue weighted by Crippen LogP contribution is -2.18. The SMILES string of the molecule is Cc1nc(NCc2cccs2)nc(NC2CCCC2)c1-c1nc2ccccc2s1. The Balaban J connectivity index is 1.52. The molecule has 7 heteroatoms. The van der Waals surface area contributed by atoms with E-state index in [1.807, 2.05) is 6.07 Å². The van der Waals surface area contributed by atoms with Crippen LogP contribution < -0.4 is 10.6 Å². The second kappa shape index (κ2) is 8.08. The zero-order chi connectivity index (χ0) is 19.6. The molecule has 148 valence electrons. The third-order valence-corrected chi connectivity index (χ3v) is 7.22. The fourth-order valence-electron chi connectivity index (χ4n) is 3.83. The van der Waals surface area contributed by atoms with Gasteiger partial charge in [-0.05, 0) is 43.3 Å². The summed E-state index contributed by atoms with van der Waals surface area (Å²) in [5.41, 5.74) is 3.01. The van der Waals surface area contributed by atoms with Gasteiger partial charge >= 0.3 is 0 Å². The number of hydrogen-bond acceptors (Lipinski definition) is 7. The number of benzene rings is 1. The minimum Gasteiger partial charge on any atom is -0.367 e. The summed E-state index contributed by atoms with van der Waals surface area (Å²) in [6.45, 7) is 2.79. The predicted molar refractivity (Wildman–Crippen MR) is 123 cm³/mol. The highest BCUT2D eigenvalue weighted by Gasteiger charge is 2.22. The van der Waals surface area contributed by atoms with Crippen molar-refractivity contribution in [1.82, 2.24) is 15.0 Å². The normalized spacial score (nSPS) is 14.5. The molecule has 0 atom stereocenters. The molecule has 5 rings (SSSR count). The van der Waals surface area contributed by atoms with E-state index >= 15 is 0 Å². The Bertz CT molecular complexity index is 1080. The highest BCUT2D eigenvalue weighted by Crippen LogP contribution is 2.37.